The predicted octanol–water partition coefficient (Wildman–Crippen LogP) is 1.80. The summed E-state index contributed by atoms with van der Waals surface area (Å²) in [5, 5.41) is 9.66. The summed E-state index contributed by atoms with van der Waals surface area (Å²) in [6.45, 7) is 5.37. The van der Waals surface area contributed by atoms with Crippen molar-refractivity contribution < 1.29 is 5.11 Å². The van der Waals surface area contributed by atoms with Gasteiger partial charge in [0.1, 0.15) is 0 Å². The number of aliphatic hydroxyl groups excluding tert-OH is 1. The minimum absolute atomic E-state index is 0.0965. The third kappa shape index (κ3) is 2.58. The Hall–Kier alpha value is -0.340. The molecule has 80 valence electrons. The van der Waals surface area contributed by atoms with Gasteiger partial charge in [0.15, 0.2) is 0 Å². The smallest absolute Gasteiger partial charge is 0.0670 e. The molecule has 1 aliphatic carbocycles. The second-order valence-corrected chi connectivity index (χ2v) is 4.94. The van der Waals surface area contributed by atoms with E-state index in [0.717, 1.165) is 26.1 Å². The first-order valence-corrected chi connectivity index (χ1v) is 5.82. The monoisotopic (exact) mass is 195 g/mol. The van der Waals surface area contributed by atoms with Crippen LogP contribution in [0.3, 0.4) is 0 Å². The van der Waals surface area contributed by atoms with Gasteiger partial charge >= 0.3 is 0 Å². The Kier molecular flexibility index (Phi) is 3.24. The fraction of sp³-hybridized carbons (Fsp3) is 0.833. The molecule has 1 aliphatic heterocycles. The minimum atomic E-state index is -0.0965. The molecule has 0 spiro atoms. The summed E-state index contributed by atoms with van der Waals surface area (Å²) < 4.78 is 0. The normalized spacial score (nSPS) is 34.6. The van der Waals surface area contributed by atoms with E-state index < -0.39 is 0 Å². The van der Waals surface area contributed by atoms with Crippen molar-refractivity contribution in [1.29, 1.82) is 0 Å². The molecule has 0 unspecified atom stereocenters. The number of allylic oxidation sites excluding steroid dienone is 1. The zero-order valence-electron chi connectivity index (χ0n) is 9.08. The lowest BCUT2D eigenvalue weighted by Gasteiger charge is -2.34. The molecule has 0 radical (unpaired) electrons. The zero-order valence-corrected chi connectivity index (χ0v) is 9.08. The highest BCUT2D eigenvalue weighted by Gasteiger charge is 2.23. The van der Waals surface area contributed by atoms with E-state index in [9.17, 15) is 5.11 Å². The van der Waals surface area contributed by atoms with E-state index in [0.29, 0.717) is 5.92 Å². The van der Waals surface area contributed by atoms with E-state index in [1.54, 1.807) is 5.57 Å². The quantitative estimate of drug-likeness (QED) is 0.679. The average molecular weight is 195 g/mol. The average Bonchev–Trinajstić information content (AvgIpc) is 2.54. The summed E-state index contributed by atoms with van der Waals surface area (Å²) >= 11 is 0. The number of rotatable bonds is 2. The fourth-order valence-corrected chi connectivity index (χ4v) is 2.72. The molecule has 0 saturated carbocycles. The van der Waals surface area contributed by atoms with Gasteiger partial charge in [-0.2, -0.15) is 0 Å². The fourth-order valence-electron chi connectivity index (χ4n) is 2.72. The summed E-state index contributed by atoms with van der Waals surface area (Å²) in [7, 11) is 0. The summed E-state index contributed by atoms with van der Waals surface area (Å²) in [5.41, 5.74) is 1.59. The lowest BCUT2D eigenvalue weighted by atomic mass is 9.97. The molecule has 2 aliphatic rings. The van der Waals surface area contributed by atoms with Crippen LogP contribution in [0, 0.1) is 5.92 Å². The highest BCUT2D eigenvalue weighted by molar-refractivity contribution is 5.09. The van der Waals surface area contributed by atoms with Crippen LogP contribution in [-0.4, -0.2) is 35.7 Å². The maximum atomic E-state index is 9.66. The summed E-state index contributed by atoms with van der Waals surface area (Å²) in [6, 6.07) is 0. The molecule has 1 heterocycles. The highest BCUT2D eigenvalue weighted by Crippen LogP contribution is 2.22. The Bertz CT molecular complexity index is 214. The van der Waals surface area contributed by atoms with Gasteiger partial charge in [-0.05, 0) is 31.6 Å². The molecule has 0 bridgehead atoms. The Labute approximate surface area is 86.6 Å². The van der Waals surface area contributed by atoms with Gasteiger partial charge in [0.2, 0.25) is 0 Å². The Balaban J connectivity index is 1.84. The zero-order chi connectivity index (χ0) is 9.97. The van der Waals surface area contributed by atoms with Gasteiger partial charge in [-0.1, -0.05) is 18.6 Å². The molecule has 1 N–H and O–H groups in total. The van der Waals surface area contributed by atoms with Crippen molar-refractivity contribution in [3.8, 4) is 0 Å². The van der Waals surface area contributed by atoms with Gasteiger partial charge < -0.3 is 5.11 Å². The molecule has 0 aromatic rings. The van der Waals surface area contributed by atoms with Crippen LogP contribution in [0.25, 0.3) is 0 Å². The SMILES string of the molecule is C[C@@H]1C[C@H](O)CN(CC2=CCCC2)C1. The highest BCUT2D eigenvalue weighted by atomic mass is 16.3. The van der Waals surface area contributed by atoms with Crippen molar-refractivity contribution in [1.82, 2.24) is 4.90 Å². The van der Waals surface area contributed by atoms with Crippen LogP contribution in [-0.2, 0) is 0 Å². The lowest BCUT2D eigenvalue weighted by Crippen LogP contribution is -2.42. The van der Waals surface area contributed by atoms with Crippen molar-refractivity contribution >= 4 is 0 Å². The first-order chi connectivity index (χ1) is 6.74. The van der Waals surface area contributed by atoms with Gasteiger partial charge in [-0.25, -0.2) is 0 Å². The van der Waals surface area contributed by atoms with Gasteiger partial charge in [-0.15, -0.1) is 0 Å². The van der Waals surface area contributed by atoms with Crippen LogP contribution in [0.5, 0.6) is 0 Å². The van der Waals surface area contributed by atoms with Crippen molar-refractivity contribution in [2.24, 2.45) is 5.92 Å². The van der Waals surface area contributed by atoms with E-state index in [-0.39, 0.29) is 6.10 Å². The third-order valence-electron chi connectivity index (χ3n) is 3.27. The molecule has 0 aromatic carbocycles. The molecular weight excluding hydrogens is 174 g/mol. The van der Waals surface area contributed by atoms with Crippen molar-refractivity contribution in [2.75, 3.05) is 19.6 Å². The van der Waals surface area contributed by atoms with Crippen LogP contribution < -0.4 is 0 Å². The number of aliphatic hydroxyl groups is 1. The molecule has 2 atom stereocenters. The summed E-state index contributed by atoms with van der Waals surface area (Å²) in [5.74, 6) is 0.653. The molecule has 0 amide bonds. The molecule has 1 saturated heterocycles. The van der Waals surface area contributed by atoms with E-state index in [1.807, 2.05) is 0 Å². The van der Waals surface area contributed by atoms with E-state index in [2.05, 4.69) is 17.9 Å². The maximum Gasteiger partial charge on any atom is 0.0670 e. The van der Waals surface area contributed by atoms with Gasteiger partial charge in [0.05, 0.1) is 6.10 Å². The Morgan fingerprint density at radius 1 is 1.50 bits per heavy atom. The molecule has 0 aromatic heterocycles. The van der Waals surface area contributed by atoms with Crippen molar-refractivity contribution in [2.45, 2.75) is 38.7 Å². The maximum absolute atomic E-state index is 9.66. The van der Waals surface area contributed by atoms with Crippen LogP contribution in [0.15, 0.2) is 11.6 Å². The molecule has 1 fully saturated rings. The second kappa shape index (κ2) is 4.45. The third-order valence-corrected chi connectivity index (χ3v) is 3.27. The number of hydrogen-bond acceptors (Lipinski definition) is 2. The summed E-state index contributed by atoms with van der Waals surface area (Å²) in [4.78, 5) is 2.41. The number of piperidine rings is 1. The largest absolute Gasteiger partial charge is 0.392 e. The van der Waals surface area contributed by atoms with Crippen molar-refractivity contribution in [3.63, 3.8) is 0 Å². The van der Waals surface area contributed by atoms with Crippen LogP contribution in [0.4, 0.5) is 0 Å². The molecular formula is C12H21NO. The predicted molar refractivity (Wildman–Crippen MR) is 58.2 cm³/mol. The molecule has 2 rings (SSSR count). The van der Waals surface area contributed by atoms with Crippen LogP contribution in [0.1, 0.15) is 32.6 Å². The van der Waals surface area contributed by atoms with Crippen LogP contribution in [0.2, 0.25) is 0 Å². The Morgan fingerprint density at radius 2 is 2.36 bits per heavy atom. The molecule has 2 heteroatoms. The Morgan fingerprint density at radius 3 is 3.00 bits per heavy atom. The summed E-state index contributed by atoms with van der Waals surface area (Å²) in [6.07, 6.45) is 7.14. The minimum Gasteiger partial charge on any atom is -0.392 e. The number of hydrogen-bond donors (Lipinski definition) is 1. The standard InChI is InChI=1S/C12H21NO/c1-10-6-12(14)9-13(7-10)8-11-4-2-3-5-11/h4,10,12,14H,2-3,5-9H2,1H3/t10-,12+/m1/s1. The number of β-amino-alcohol motifs (C(OH)–C–C–N with tert-alkyl or cyclic N) is 1. The van der Waals surface area contributed by atoms with Crippen molar-refractivity contribution in [3.05, 3.63) is 11.6 Å². The first-order valence-electron chi connectivity index (χ1n) is 5.82. The van der Waals surface area contributed by atoms with E-state index in [4.69, 9.17) is 0 Å². The first kappa shape index (κ1) is 10.2. The van der Waals surface area contributed by atoms with Gasteiger partial charge in [-0.3, -0.25) is 4.90 Å². The topological polar surface area (TPSA) is 23.5 Å². The van der Waals surface area contributed by atoms with Crippen LogP contribution >= 0.6 is 0 Å². The van der Waals surface area contributed by atoms with E-state index >= 15 is 0 Å². The molecule has 2 nitrogen and oxygen atoms in total. The molecule has 14 heavy (non-hydrogen) atoms. The second-order valence-electron chi connectivity index (χ2n) is 4.94. The lowest BCUT2D eigenvalue weighted by molar-refractivity contribution is 0.0493. The number of likely N-dealkylation sites (tertiary alicyclic amines) is 1. The van der Waals surface area contributed by atoms with E-state index in [1.165, 1.54) is 19.3 Å². The van der Waals surface area contributed by atoms with Gasteiger partial charge in [0.25, 0.3) is 0 Å². The van der Waals surface area contributed by atoms with Gasteiger partial charge in [0, 0.05) is 19.6 Å². The number of nitrogens with zero attached hydrogens (tertiary/aromatic N) is 1.